The standard InChI is InChI=1S/C12H17NO3S/c1-3-16-12(15)7-6-11(14)13-9(2)10-5-4-8-17-10/h4-5,8-9H,3,6-7H2,1-2H3,(H,13,14). The van der Waals surface area contributed by atoms with Crippen LogP contribution >= 0.6 is 11.3 Å². The zero-order valence-electron chi connectivity index (χ0n) is 10.1. The van der Waals surface area contributed by atoms with Gasteiger partial charge in [0.15, 0.2) is 0 Å². The largest absolute Gasteiger partial charge is 0.466 e. The van der Waals surface area contributed by atoms with Crippen molar-refractivity contribution in [2.75, 3.05) is 6.61 Å². The van der Waals surface area contributed by atoms with Gasteiger partial charge in [-0.1, -0.05) is 6.07 Å². The first kappa shape index (κ1) is 13.7. The molecule has 0 aliphatic heterocycles. The van der Waals surface area contributed by atoms with Gasteiger partial charge in [-0.3, -0.25) is 9.59 Å². The normalized spacial score (nSPS) is 11.9. The summed E-state index contributed by atoms with van der Waals surface area (Å²) in [6.07, 6.45) is 0.311. The highest BCUT2D eigenvalue weighted by molar-refractivity contribution is 7.10. The van der Waals surface area contributed by atoms with Crippen LogP contribution in [0.3, 0.4) is 0 Å². The Morgan fingerprint density at radius 1 is 1.47 bits per heavy atom. The van der Waals surface area contributed by atoms with Gasteiger partial charge in [0, 0.05) is 11.3 Å². The van der Waals surface area contributed by atoms with Crippen LogP contribution in [0.25, 0.3) is 0 Å². The van der Waals surface area contributed by atoms with Gasteiger partial charge >= 0.3 is 5.97 Å². The Hall–Kier alpha value is -1.36. The van der Waals surface area contributed by atoms with E-state index in [1.165, 1.54) is 0 Å². The molecule has 0 saturated carbocycles. The lowest BCUT2D eigenvalue weighted by atomic mass is 10.2. The van der Waals surface area contributed by atoms with E-state index in [1.54, 1.807) is 18.3 Å². The van der Waals surface area contributed by atoms with Crippen molar-refractivity contribution in [3.8, 4) is 0 Å². The molecule has 0 aromatic carbocycles. The number of amides is 1. The zero-order chi connectivity index (χ0) is 12.7. The number of nitrogens with one attached hydrogen (secondary N) is 1. The van der Waals surface area contributed by atoms with Crippen LogP contribution in [0.2, 0.25) is 0 Å². The average molecular weight is 255 g/mol. The molecule has 0 saturated heterocycles. The van der Waals surface area contributed by atoms with E-state index in [-0.39, 0.29) is 30.8 Å². The van der Waals surface area contributed by atoms with Gasteiger partial charge in [0.1, 0.15) is 0 Å². The fraction of sp³-hybridized carbons (Fsp3) is 0.500. The molecule has 17 heavy (non-hydrogen) atoms. The van der Waals surface area contributed by atoms with E-state index in [4.69, 9.17) is 4.74 Å². The van der Waals surface area contributed by atoms with E-state index in [0.29, 0.717) is 6.61 Å². The van der Waals surface area contributed by atoms with E-state index >= 15 is 0 Å². The second-order valence-electron chi connectivity index (χ2n) is 3.61. The Bertz CT molecular complexity index is 362. The molecule has 0 fully saturated rings. The number of carbonyl (C=O) groups is 2. The third kappa shape index (κ3) is 4.99. The van der Waals surface area contributed by atoms with E-state index in [0.717, 1.165) is 4.88 Å². The molecule has 1 rings (SSSR count). The Labute approximate surface area is 105 Å². The van der Waals surface area contributed by atoms with E-state index in [1.807, 2.05) is 24.4 Å². The lowest BCUT2D eigenvalue weighted by Gasteiger charge is -2.11. The van der Waals surface area contributed by atoms with Crippen molar-refractivity contribution in [3.05, 3.63) is 22.4 Å². The highest BCUT2D eigenvalue weighted by Gasteiger charge is 2.12. The van der Waals surface area contributed by atoms with Crippen LogP contribution in [0.15, 0.2) is 17.5 Å². The Balaban J connectivity index is 2.28. The molecule has 0 bridgehead atoms. The number of hydrogen-bond donors (Lipinski definition) is 1. The molecule has 1 amide bonds. The maximum atomic E-state index is 11.5. The zero-order valence-corrected chi connectivity index (χ0v) is 10.9. The molecular formula is C12H17NO3S. The quantitative estimate of drug-likeness (QED) is 0.793. The molecule has 94 valence electrons. The van der Waals surface area contributed by atoms with Gasteiger partial charge < -0.3 is 10.1 Å². The number of rotatable bonds is 6. The monoisotopic (exact) mass is 255 g/mol. The van der Waals surface area contributed by atoms with Crippen LogP contribution in [-0.2, 0) is 14.3 Å². The van der Waals surface area contributed by atoms with Crippen molar-refractivity contribution in [2.45, 2.75) is 32.7 Å². The van der Waals surface area contributed by atoms with Gasteiger partial charge in [-0.2, -0.15) is 0 Å². The van der Waals surface area contributed by atoms with Gasteiger partial charge in [0.05, 0.1) is 19.1 Å². The van der Waals surface area contributed by atoms with Crippen LogP contribution in [0.5, 0.6) is 0 Å². The first-order chi connectivity index (χ1) is 8.13. The second-order valence-corrected chi connectivity index (χ2v) is 4.59. The molecule has 1 heterocycles. The molecule has 1 unspecified atom stereocenters. The summed E-state index contributed by atoms with van der Waals surface area (Å²) in [6.45, 7) is 4.02. The van der Waals surface area contributed by atoms with Crippen LogP contribution < -0.4 is 5.32 Å². The Morgan fingerprint density at radius 2 is 2.24 bits per heavy atom. The third-order valence-corrected chi connectivity index (χ3v) is 3.26. The molecule has 0 radical (unpaired) electrons. The molecule has 1 aromatic heterocycles. The predicted octanol–water partition coefficient (Wildman–Crippen LogP) is 2.27. The van der Waals surface area contributed by atoms with Crippen molar-refractivity contribution < 1.29 is 14.3 Å². The van der Waals surface area contributed by atoms with Crippen molar-refractivity contribution in [1.82, 2.24) is 5.32 Å². The van der Waals surface area contributed by atoms with Crippen molar-refractivity contribution in [2.24, 2.45) is 0 Å². The molecule has 1 atom stereocenters. The van der Waals surface area contributed by atoms with Gasteiger partial charge in [0.2, 0.25) is 5.91 Å². The maximum Gasteiger partial charge on any atom is 0.306 e. The summed E-state index contributed by atoms with van der Waals surface area (Å²) in [5.74, 6) is -0.453. The number of hydrogen-bond acceptors (Lipinski definition) is 4. The SMILES string of the molecule is CCOC(=O)CCC(=O)NC(C)c1cccs1. The van der Waals surface area contributed by atoms with Crippen molar-refractivity contribution in [3.63, 3.8) is 0 Å². The highest BCUT2D eigenvalue weighted by atomic mass is 32.1. The minimum absolute atomic E-state index is 0.00954. The summed E-state index contributed by atoms with van der Waals surface area (Å²) in [7, 11) is 0. The third-order valence-electron chi connectivity index (χ3n) is 2.21. The number of ether oxygens (including phenoxy) is 1. The first-order valence-electron chi connectivity index (χ1n) is 5.62. The van der Waals surface area contributed by atoms with Gasteiger partial charge in [-0.05, 0) is 25.3 Å². The molecule has 0 aliphatic carbocycles. The molecule has 1 N–H and O–H groups in total. The fourth-order valence-electron chi connectivity index (χ4n) is 1.37. The van der Waals surface area contributed by atoms with Crippen LogP contribution in [0, 0.1) is 0 Å². The van der Waals surface area contributed by atoms with Crippen molar-refractivity contribution in [1.29, 1.82) is 0 Å². The number of thiophene rings is 1. The molecule has 5 heteroatoms. The van der Waals surface area contributed by atoms with Gasteiger partial charge in [-0.15, -0.1) is 11.3 Å². The van der Waals surface area contributed by atoms with Crippen LogP contribution in [-0.4, -0.2) is 18.5 Å². The first-order valence-corrected chi connectivity index (χ1v) is 6.49. The molecule has 4 nitrogen and oxygen atoms in total. The van der Waals surface area contributed by atoms with Crippen LogP contribution in [0.1, 0.15) is 37.6 Å². The summed E-state index contributed by atoms with van der Waals surface area (Å²) in [6, 6.07) is 3.91. The summed E-state index contributed by atoms with van der Waals surface area (Å²) in [4.78, 5) is 23.7. The molecular weight excluding hydrogens is 238 g/mol. The highest BCUT2D eigenvalue weighted by Crippen LogP contribution is 2.18. The van der Waals surface area contributed by atoms with Crippen LogP contribution in [0.4, 0.5) is 0 Å². The maximum absolute atomic E-state index is 11.5. The topological polar surface area (TPSA) is 55.4 Å². The predicted molar refractivity (Wildman–Crippen MR) is 66.7 cm³/mol. The summed E-state index contributed by atoms with van der Waals surface area (Å²) >= 11 is 1.60. The minimum Gasteiger partial charge on any atom is -0.466 e. The average Bonchev–Trinajstić information content (AvgIpc) is 2.80. The summed E-state index contributed by atoms with van der Waals surface area (Å²) in [5.41, 5.74) is 0. The van der Waals surface area contributed by atoms with E-state index < -0.39 is 0 Å². The van der Waals surface area contributed by atoms with E-state index in [9.17, 15) is 9.59 Å². The van der Waals surface area contributed by atoms with Crippen molar-refractivity contribution >= 4 is 23.2 Å². The van der Waals surface area contributed by atoms with E-state index in [2.05, 4.69) is 5.32 Å². The Morgan fingerprint density at radius 3 is 2.82 bits per heavy atom. The number of carbonyl (C=O) groups excluding carboxylic acids is 2. The molecule has 0 aliphatic rings. The lowest BCUT2D eigenvalue weighted by Crippen LogP contribution is -2.26. The fourth-order valence-corrected chi connectivity index (χ4v) is 2.11. The summed E-state index contributed by atoms with van der Waals surface area (Å²) in [5, 5.41) is 4.81. The lowest BCUT2D eigenvalue weighted by molar-refractivity contribution is -0.144. The van der Waals surface area contributed by atoms with Gasteiger partial charge in [0.25, 0.3) is 0 Å². The smallest absolute Gasteiger partial charge is 0.306 e. The Kier molecular flexibility index (Phi) is 5.69. The molecule has 0 spiro atoms. The summed E-state index contributed by atoms with van der Waals surface area (Å²) < 4.78 is 4.75. The minimum atomic E-state index is -0.327. The number of esters is 1. The molecule has 1 aromatic rings. The van der Waals surface area contributed by atoms with Gasteiger partial charge in [-0.25, -0.2) is 0 Å². The second kappa shape index (κ2) is 7.06.